The summed E-state index contributed by atoms with van der Waals surface area (Å²) in [5, 5.41) is 12.4. The zero-order valence-corrected chi connectivity index (χ0v) is 9.98. The second-order valence-corrected chi connectivity index (χ2v) is 4.86. The first kappa shape index (κ1) is 11.8. The fourth-order valence-corrected chi connectivity index (χ4v) is 2.25. The average molecular weight is 223 g/mol. The summed E-state index contributed by atoms with van der Waals surface area (Å²) in [6.07, 6.45) is 5.09. The van der Waals surface area contributed by atoms with Crippen LogP contribution in [0, 0.1) is 11.3 Å². The predicted octanol–water partition coefficient (Wildman–Crippen LogP) is 0.741. The highest BCUT2D eigenvalue weighted by atomic mass is 16.5. The summed E-state index contributed by atoms with van der Waals surface area (Å²) in [6.45, 7) is 2.98. The molecule has 0 aromatic carbocycles. The van der Waals surface area contributed by atoms with E-state index < -0.39 is 0 Å². The van der Waals surface area contributed by atoms with E-state index in [2.05, 4.69) is 16.3 Å². The van der Waals surface area contributed by atoms with Gasteiger partial charge in [0.15, 0.2) is 0 Å². The molecule has 2 rings (SSSR count). The minimum absolute atomic E-state index is 0.00611. The molecule has 2 fully saturated rings. The molecule has 0 bridgehead atoms. The summed E-state index contributed by atoms with van der Waals surface area (Å²) in [5.74, 6) is 0. The molecule has 90 valence electrons. The van der Waals surface area contributed by atoms with E-state index in [4.69, 9.17) is 10.00 Å². The van der Waals surface area contributed by atoms with Gasteiger partial charge in [-0.25, -0.2) is 0 Å². The number of nitrogens with one attached hydrogen (secondary N) is 1. The third-order valence-corrected chi connectivity index (χ3v) is 3.48. The third kappa shape index (κ3) is 3.44. The molecule has 0 amide bonds. The number of hydrogen-bond acceptors (Lipinski definition) is 4. The van der Waals surface area contributed by atoms with Crippen molar-refractivity contribution < 1.29 is 4.74 Å². The van der Waals surface area contributed by atoms with Crippen molar-refractivity contribution in [2.45, 2.75) is 43.9 Å². The third-order valence-electron chi connectivity index (χ3n) is 3.48. The van der Waals surface area contributed by atoms with Gasteiger partial charge in [0.1, 0.15) is 6.04 Å². The van der Waals surface area contributed by atoms with E-state index in [9.17, 15) is 0 Å². The Bertz CT molecular complexity index is 251. The molecule has 0 radical (unpaired) electrons. The lowest BCUT2D eigenvalue weighted by atomic mass is 10.1. The van der Waals surface area contributed by atoms with Crippen molar-refractivity contribution >= 4 is 0 Å². The molecule has 1 aliphatic heterocycles. The van der Waals surface area contributed by atoms with Crippen LogP contribution in [0.25, 0.3) is 0 Å². The Hall–Kier alpha value is -0.630. The molecular weight excluding hydrogens is 202 g/mol. The van der Waals surface area contributed by atoms with Crippen LogP contribution in [0.2, 0.25) is 0 Å². The van der Waals surface area contributed by atoms with Gasteiger partial charge in [0.25, 0.3) is 0 Å². The Balaban J connectivity index is 1.70. The molecule has 1 atom stereocenters. The number of rotatable bonds is 5. The van der Waals surface area contributed by atoms with Gasteiger partial charge in [-0.15, -0.1) is 0 Å². The molecule has 1 N–H and O–H groups in total. The van der Waals surface area contributed by atoms with Crippen LogP contribution < -0.4 is 5.32 Å². The van der Waals surface area contributed by atoms with Crippen molar-refractivity contribution in [1.82, 2.24) is 10.2 Å². The Morgan fingerprint density at radius 3 is 2.56 bits per heavy atom. The fraction of sp³-hybridized carbons (Fsp3) is 0.917. The van der Waals surface area contributed by atoms with Crippen LogP contribution >= 0.6 is 0 Å². The second kappa shape index (κ2) is 5.62. The smallest absolute Gasteiger partial charge is 0.108 e. The first-order valence-corrected chi connectivity index (χ1v) is 6.22. The number of nitriles is 1. The normalized spacial score (nSPS) is 25.2. The van der Waals surface area contributed by atoms with Crippen molar-refractivity contribution in [2.24, 2.45) is 0 Å². The summed E-state index contributed by atoms with van der Waals surface area (Å²) in [5.41, 5.74) is 0. The number of likely N-dealkylation sites (tertiary alicyclic amines) is 1. The lowest BCUT2D eigenvalue weighted by Gasteiger charge is -2.32. The minimum atomic E-state index is 0.00611. The highest BCUT2D eigenvalue weighted by Gasteiger charge is 2.26. The summed E-state index contributed by atoms with van der Waals surface area (Å²) in [6, 6.07) is 2.98. The highest BCUT2D eigenvalue weighted by molar-refractivity contribution is 4.97. The van der Waals surface area contributed by atoms with Crippen LogP contribution in [0.5, 0.6) is 0 Å². The van der Waals surface area contributed by atoms with Gasteiger partial charge >= 0.3 is 0 Å². The Morgan fingerprint density at radius 2 is 2.06 bits per heavy atom. The first-order valence-electron chi connectivity index (χ1n) is 6.22. The van der Waals surface area contributed by atoms with E-state index in [1.54, 1.807) is 7.11 Å². The van der Waals surface area contributed by atoms with Crippen LogP contribution in [0.4, 0.5) is 0 Å². The van der Waals surface area contributed by atoms with Crippen LogP contribution in [0.1, 0.15) is 25.7 Å². The van der Waals surface area contributed by atoms with Gasteiger partial charge in [-0.3, -0.25) is 5.32 Å². The zero-order valence-electron chi connectivity index (χ0n) is 9.98. The van der Waals surface area contributed by atoms with E-state index in [1.807, 2.05) is 0 Å². The molecule has 0 aromatic rings. The van der Waals surface area contributed by atoms with Gasteiger partial charge in [-0.05, 0) is 25.7 Å². The maximum atomic E-state index is 9.07. The molecule has 0 aromatic heterocycles. The Kier molecular flexibility index (Phi) is 4.16. The molecule has 4 heteroatoms. The molecule has 0 spiro atoms. The van der Waals surface area contributed by atoms with Crippen LogP contribution in [0.15, 0.2) is 0 Å². The summed E-state index contributed by atoms with van der Waals surface area (Å²) in [4.78, 5) is 2.37. The first-order chi connectivity index (χ1) is 7.81. The van der Waals surface area contributed by atoms with Crippen molar-refractivity contribution in [3.8, 4) is 6.07 Å². The second-order valence-electron chi connectivity index (χ2n) is 4.86. The summed E-state index contributed by atoms with van der Waals surface area (Å²) in [7, 11) is 1.78. The fourth-order valence-electron chi connectivity index (χ4n) is 2.25. The SMILES string of the molecule is COC1CCN(CC(C#N)NC2CC2)CC1. The standard InChI is InChI=1S/C12H21N3O/c1-16-12-4-6-15(7-5-12)9-11(8-13)14-10-2-3-10/h10-12,14H,2-7,9H2,1H3. The largest absolute Gasteiger partial charge is 0.381 e. The van der Waals surface area contributed by atoms with Crippen molar-refractivity contribution in [1.29, 1.82) is 5.26 Å². The summed E-state index contributed by atoms with van der Waals surface area (Å²) < 4.78 is 5.34. The number of nitrogens with zero attached hydrogens (tertiary/aromatic N) is 2. The van der Waals surface area contributed by atoms with Crippen molar-refractivity contribution in [3.05, 3.63) is 0 Å². The molecule has 1 unspecified atom stereocenters. The average Bonchev–Trinajstić information content (AvgIpc) is 3.13. The van der Waals surface area contributed by atoms with Gasteiger partial charge in [-0.2, -0.15) is 5.26 Å². The van der Waals surface area contributed by atoms with Gasteiger partial charge < -0.3 is 9.64 Å². The molecule has 16 heavy (non-hydrogen) atoms. The lowest BCUT2D eigenvalue weighted by molar-refractivity contribution is 0.0398. The Morgan fingerprint density at radius 1 is 1.38 bits per heavy atom. The van der Waals surface area contributed by atoms with Crippen molar-refractivity contribution in [2.75, 3.05) is 26.7 Å². The predicted molar refractivity (Wildman–Crippen MR) is 62.0 cm³/mol. The van der Waals surface area contributed by atoms with Gasteiger partial charge in [0, 0.05) is 32.8 Å². The molecule has 2 aliphatic rings. The van der Waals surface area contributed by atoms with E-state index in [-0.39, 0.29) is 6.04 Å². The molecular formula is C12H21N3O. The van der Waals surface area contributed by atoms with Gasteiger partial charge in [-0.1, -0.05) is 0 Å². The topological polar surface area (TPSA) is 48.3 Å². The minimum Gasteiger partial charge on any atom is -0.381 e. The number of piperidine rings is 1. The highest BCUT2D eigenvalue weighted by Crippen LogP contribution is 2.20. The molecule has 1 saturated carbocycles. The lowest BCUT2D eigenvalue weighted by Crippen LogP contribution is -2.45. The number of ether oxygens (including phenoxy) is 1. The molecule has 1 heterocycles. The number of hydrogen-bond donors (Lipinski definition) is 1. The maximum Gasteiger partial charge on any atom is 0.108 e. The number of methoxy groups -OCH3 is 1. The molecule has 4 nitrogen and oxygen atoms in total. The zero-order chi connectivity index (χ0) is 11.4. The van der Waals surface area contributed by atoms with Gasteiger partial charge in [0.2, 0.25) is 0 Å². The van der Waals surface area contributed by atoms with Crippen molar-refractivity contribution in [3.63, 3.8) is 0 Å². The monoisotopic (exact) mass is 223 g/mol. The molecule has 1 aliphatic carbocycles. The van der Waals surface area contributed by atoms with Crippen LogP contribution in [0.3, 0.4) is 0 Å². The Labute approximate surface area is 97.6 Å². The van der Waals surface area contributed by atoms with E-state index in [0.717, 1.165) is 32.5 Å². The maximum absolute atomic E-state index is 9.07. The van der Waals surface area contributed by atoms with Crippen LogP contribution in [-0.4, -0.2) is 49.8 Å². The van der Waals surface area contributed by atoms with E-state index in [1.165, 1.54) is 12.8 Å². The van der Waals surface area contributed by atoms with E-state index in [0.29, 0.717) is 12.1 Å². The van der Waals surface area contributed by atoms with E-state index >= 15 is 0 Å². The quantitative estimate of drug-likeness (QED) is 0.747. The summed E-state index contributed by atoms with van der Waals surface area (Å²) >= 11 is 0. The van der Waals surface area contributed by atoms with Gasteiger partial charge in [0.05, 0.1) is 12.2 Å². The molecule has 1 saturated heterocycles. The van der Waals surface area contributed by atoms with Crippen LogP contribution in [-0.2, 0) is 4.74 Å².